The molecule has 1 aliphatic heterocycles. The van der Waals surface area contributed by atoms with Gasteiger partial charge in [-0.2, -0.15) is 0 Å². The van der Waals surface area contributed by atoms with Crippen LogP contribution in [0.15, 0.2) is 152 Å². The molecule has 5 atom stereocenters. The molecule has 10 heteroatoms. The van der Waals surface area contributed by atoms with Crippen LogP contribution in [0.3, 0.4) is 0 Å². The van der Waals surface area contributed by atoms with Gasteiger partial charge in [0.25, 0.3) is 0 Å². The van der Waals surface area contributed by atoms with Crippen LogP contribution < -0.4 is 4.74 Å². The number of hydrogen-bond donors (Lipinski definition) is 0. The van der Waals surface area contributed by atoms with Gasteiger partial charge in [-0.15, -0.1) is 11.8 Å². The van der Waals surface area contributed by atoms with Crippen LogP contribution in [-0.4, -0.2) is 59.5 Å². The van der Waals surface area contributed by atoms with E-state index in [0.29, 0.717) is 11.3 Å². The number of carbonyl (C=O) groups excluding carboxylic acids is 4. The minimum absolute atomic E-state index is 0.222. The first-order valence-electron chi connectivity index (χ1n) is 15.8. The molecule has 1 heterocycles. The van der Waals surface area contributed by atoms with E-state index in [1.54, 1.807) is 146 Å². The number of esters is 4. The van der Waals surface area contributed by atoms with Crippen molar-refractivity contribution < 1.29 is 42.9 Å². The fourth-order valence-corrected chi connectivity index (χ4v) is 6.64. The molecular weight excluding hydrogens is 656 g/mol. The second-order valence-corrected chi connectivity index (χ2v) is 12.5. The molecule has 0 radical (unpaired) electrons. The molecular formula is C40H32O9S. The van der Waals surface area contributed by atoms with Gasteiger partial charge in [0.15, 0.2) is 23.7 Å². The van der Waals surface area contributed by atoms with E-state index in [1.807, 2.05) is 6.07 Å². The lowest BCUT2D eigenvalue weighted by Gasteiger charge is -2.44. The lowest BCUT2D eigenvalue weighted by atomic mass is 10.0. The van der Waals surface area contributed by atoms with Crippen molar-refractivity contribution in [3.05, 3.63) is 174 Å². The molecule has 0 bridgehead atoms. The maximum atomic E-state index is 13.7. The largest absolute Gasteiger partial charge is 0.476 e. The van der Waals surface area contributed by atoms with Crippen LogP contribution in [-0.2, 0) is 18.9 Å². The van der Waals surface area contributed by atoms with Gasteiger partial charge in [0.2, 0.25) is 0 Å². The van der Waals surface area contributed by atoms with Gasteiger partial charge in [0, 0.05) is 0 Å². The number of benzene rings is 5. The minimum Gasteiger partial charge on any atom is -0.476 e. The van der Waals surface area contributed by atoms with E-state index in [9.17, 15) is 19.2 Å². The van der Waals surface area contributed by atoms with E-state index < -0.39 is 52.9 Å². The SMILES string of the molecule is O=C(OC[C@H]1S[C@@H](Oc2ccccc2)[C@H](OC(=O)c2ccccc2)[C@@H](OC(=O)c2ccccc2)[C@@H]1OC(=O)c1ccccc1)c1ccccc1. The Bertz CT molecular complexity index is 1870. The number of rotatable bonds is 11. The Hall–Kier alpha value is -5.87. The molecule has 0 spiro atoms. The third kappa shape index (κ3) is 8.58. The topological polar surface area (TPSA) is 114 Å². The van der Waals surface area contributed by atoms with Crippen LogP contribution >= 0.6 is 11.8 Å². The summed E-state index contributed by atoms with van der Waals surface area (Å²) in [6.45, 7) is -0.265. The highest BCUT2D eigenvalue weighted by molar-refractivity contribution is 8.00. The molecule has 50 heavy (non-hydrogen) atoms. The minimum atomic E-state index is -1.40. The van der Waals surface area contributed by atoms with Crippen LogP contribution in [0, 0.1) is 0 Å². The van der Waals surface area contributed by atoms with Crippen molar-refractivity contribution in [3.8, 4) is 5.75 Å². The molecule has 0 N–H and O–H groups in total. The summed E-state index contributed by atoms with van der Waals surface area (Å²) in [7, 11) is 0. The molecule has 252 valence electrons. The monoisotopic (exact) mass is 688 g/mol. The van der Waals surface area contributed by atoms with Crippen molar-refractivity contribution >= 4 is 35.6 Å². The lowest BCUT2D eigenvalue weighted by Crippen LogP contribution is -2.60. The normalized spacial score (nSPS) is 19.7. The standard InChI is InChI=1S/C40H32O9S/c41-36(27-16-6-1-7-17-27)45-26-32-33(47-37(42)28-18-8-2-9-19-28)34(48-38(43)29-20-10-3-11-21-29)35(49-39(44)30-22-12-4-13-23-30)40(50-32)46-31-24-14-5-15-25-31/h1-25,32-35,40H,26H2/t32-,33-,34+,35-,40-/m1/s1. The van der Waals surface area contributed by atoms with Gasteiger partial charge >= 0.3 is 23.9 Å². The Balaban J connectivity index is 1.41. The number of thioether (sulfide) groups is 1. The van der Waals surface area contributed by atoms with Gasteiger partial charge in [-0.1, -0.05) is 91.0 Å². The Morgan fingerprint density at radius 2 is 0.800 bits per heavy atom. The number of ether oxygens (including phenoxy) is 5. The van der Waals surface area contributed by atoms with Crippen molar-refractivity contribution in [2.75, 3.05) is 6.61 Å². The Morgan fingerprint density at radius 1 is 0.440 bits per heavy atom. The van der Waals surface area contributed by atoms with Crippen LogP contribution in [0.4, 0.5) is 0 Å². The molecule has 9 nitrogen and oxygen atoms in total. The van der Waals surface area contributed by atoms with Crippen LogP contribution in [0.5, 0.6) is 5.75 Å². The Morgan fingerprint density at radius 3 is 1.24 bits per heavy atom. The van der Waals surface area contributed by atoms with Gasteiger partial charge in [0.1, 0.15) is 12.4 Å². The van der Waals surface area contributed by atoms with Gasteiger partial charge in [0.05, 0.1) is 27.5 Å². The quantitative estimate of drug-likeness (QED) is 0.106. The van der Waals surface area contributed by atoms with E-state index in [-0.39, 0.29) is 23.3 Å². The van der Waals surface area contributed by atoms with Crippen LogP contribution in [0.25, 0.3) is 0 Å². The van der Waals surface area contributed by atoms with Crippen molar-refractivity contribution in [1.82, 2.24) is 0 Å². The molecule has 0 aliphatic carbocycles. The first kappa shape index (κ1) is 34.0. The number of para-hydroxylation sites is 1. The molecule has 0 aromatic heterocycles. The molecule has 0 unspecified atom stereocenters. The second kappa shape index (κ2) is 16.5. The average molecular weight is 689 g/mol. The van der Waals surface area contributed by atoms with Crippen molar-refractivity contribution in [2.24, 2.45) is 0 Å². The third-order valence-electron chi connectivity index (χ3n) is 7.73. The van der Waals surface area contributed by atoms with Crippen LogP contribution in [0.2, 0.25) is 0 Å². The maximum absolute atomic E-state index is 13.7. The molecule has 1 aliphatic rings. The van der Waals surface area contributed by atoms with Crippen molar-refractivity contribution in [1.29, 1.82) is 0 Å². The highest BCUT2D eigenvalue weighted by atomic mass is 32.2. The fraction of sp³-hybridized carbons (Fsp3) is 0.150. The first-order chi connectivity index (χ1) is 24.5. The predicted molar refractivity (Wildman–Crippen MR) is 186 cm³/mol. The predicted octanol–water partition coefficient (Wildman–Crippen LogP) is 7.04. The molecule has 1 fully saturated rings. The van der Waals surface area contributed by atoms with Crippen LogP contribution in [0.1, 0.15) is 41.4 Å². The Labute approximate surface area is 293 Å². The summed E-state index contributed by atoms with van der Waals surface area (Å²) in [6, 6.07) is 42.2. The van der Waals surface area contributed by atoms with E-state index in [0.717, 1.165) is 11.8 Å². The zero-order valence-corrected chi connectivity index (χ0v) is 27.4. The molecule has 6 rings (SSSR count). The van der Waals surface area contributed by atoms with Gasteiger partial charge in [-0.05, 0) is 60.7 Å². The van der Waals surface area contributed by atoms with E-state index in [4.69, 9.17) is 23.7 Å². The summed E-state index contributed by atoms with van der Waals surface area (Å²) in [5.41, 5.74) is 0.0299. The van der Waals surface area contributed by atoms with Gasteiger partial charge in [-0.25, -0.2) is 19.2 Å². The summed E-state index contributed by atoms with van der Waals surface area (Å²) in [4.78, 5) is 54.0. The zero-order valence-electron chi connectivity index (χ0n) is 26.6. The summed E-state index contributed by atoms with van der Waals surface area (Å²) in [6.07, 6.45) is -3.97. The molecule has 0 saturated carbocycles. The summed E-state index contributed by atoms with van der Waals surface area (Å²) in [5.74, 6) is -2.33. The second-order valence-electron chi connectivity index (χ2n) is 11.1. The first-order valence-corrected chi connectivity index (χ1v) is 16.8. The van der Waals surface area contributed by atoms with Gasteiger partial charge in [-0.3, -0.25) is 0 Å². The van der Waals surface area contributed by atoms with Gasteiger partial charge < -0.3 is 23.7 Å². The van der Waals surface area contributed by atoms with Crippen molar-refractivity contribution in [2.45, 2.75) is 29.0 Å². The highest BCUT2D eigenvalue weighted by Gasteiger charge is 2.53. The number of hydrogen-bond acceptors (Lipinski definition) is 10. The molecule has 0 amide bonds. The molecule has 5 aromatic carbocycles. The summed E-state index contributed by atoms with van der Waals surface area (Å²) >= 11 is 1.14. The summed E-state index contributed by atoms with van der Waals surface area (Å²) in [5, 5.41) is -0.843. The lowest BCUT2D eigenvalue weighted by molar-refractivity contribution is -0.111. The van der Waals surface area contributed by atoms with E-state index >= 15 is 0 Å². The maximum Gasteiger partial charge on any atom is 0.338 e. The van der Waals surface area contributed by atoms with E-state index in [1.165, 1.54) is 0 Å². The third-order valence-corrected chi connectivity index (χ3v) is 9.12. The van der Waals surface area contributed by atoms with E-state index in [2.05, 4.69) is 0 Å². The smallest absolute Gasteiger partial charge is 0.338 e. The zero-order chi connectivity index (χ0) is 34.7. The Kier molecular flexibility index (Phi) is 11.2. The van der Waals surface area contributed by atoms with Crippen molar-refractivity contribution in [3.63, 3.8) is 0 Å². The highest BCUT2D eigenvalue weighted by Crippen LogP contribution is 2.40. The summed E-state index contributed by atoms with van der Waals surface area (Å²) < 4.78 is 30.5. The molecule has 5 aromatic rings. The number of carbonyl (C=O) groups is 4. The molecule has 1 saturated heterocycles. The fourth-order valence-electron chi connectivity index (χ4n) is 5.26. The average Bonchev–Trinajstić information content (AvgIpc) is 3.17.